The number of aliphatic hydroxyl groups excluding tert-OH is 1. The van der Waals surface area contributed by atoms with E-state index in [0.29, 0.717) is 18.1 Å². The molecule has 1 aliphatic heterocycles. The number of likely N-dealkylation sites (tertiary alicyclic amines) is 1. The number of hydrogen-bond donors (Lipinski definition) is 2. The molecule has 0 aromatic rings. The van der Waals surface area contributed by atoms with E-state index in [1.165, 1.54) is 45.3 Å². The zero-order valence-corrected chi connectivity index (χ0v) is 13.7. The van der Waals surface area contributed by atoms with Gasteiger partial charge in [-0.25, -0.2) is 0 Å². The van der Waals surface area contributed by atoms with Crippen molar-refractivity contribution in [3.05, 3.63) is 0 Å². The van der Waals surface area contributed by atoms with Crippen molar-refractivity contribution in [1.29, 1.82) is 0 Å². The molecule has 1 saturated heterocycles. The van der Waals surface area contributed by atoms with Crippen molar-refractivity contribution in [2.24, 2.45) is 17.3 Å². The molecule has 0 aromatic carbocycles. The largest absolute Gasteiger partial charge is 0.396 e. The Bertz CT molecular complexity index is 283. The van der Waals surface area contributed by atoms with Gasteiger partial charge in [-0.2, -0.15) is 0 Å². The minimum absolute atomic E-state index is 0.346. The second kappa shape index (κ2) is 7.24. The van der Waals surface area contributed by atoms with E-state index < -0.39 is 0 Å². The van der Waals surface area contributed by atoms with Crippen molar-refractivity contribution in [2.45, 2.75) is 58.9 Å². The van der Waals surface area contributed by atoms with Crippen molar-refractivity contribution in [3.8, 4) is 0 Å². The van der Waals surface area contributed by atoms with Crippen LogP contribution in [0.5, 0.6) is 0 Å². The summed E-state index contributed by atoms with van der Waals surface area (Å²) < 4.78 is 0. The van der Waals surface area contributed by atoms with Crippen LogP contribution in [0.4, 0.5) is 0 Å². The van der Waals surface area contributed by atoms with Crippen molar-refractivity contribution >= 4 is 0 Å². The molecule has 20 heavy (non-hydrogen) atoms. The molecule has 0 spiro atoms. The molecule has 1 saturated carbocycles. The van der Waals surface area contributed by atoms with Crippen molar-refractivity contribution in [2.75, 3.05) is 32.8 Å². The Kier molecular flexibility index (Phi) is 5.88. The summed E-state index contributed by atoms with van der Waals surface area (Å²) in [5, 5.41) is 12.9. The van der Waals surface area contributed by atoms with E-state index in [2.05, 4.69) is 31.0 Å². The molecule has 1 aliphatic carbocycles. The van der Waals surface area contributed by atoms with Gasteiger partial charge in [0.25, 0.3) is 0 Å². The summed E-state index contributed by atoms with van der Waals surface area (Å²) in [5.41, 5.74) is 0.360. The predicted octanol–water partition coefficient (Wildman–Crippen LogP) is 2.50. The molecule has 3 heteroatoms. The van der Waals surface area contributed by atoms with Gasteiger partial charge in [-0.1, -0.05) is 20.8 Å². The van der Waals surface area contributed by atoms with E-state index in [9.17, 15) is 0 Å². The number of nitrogens with one attached hydrogen (secondary N) is 1. The van der Waals surface area contributed by atoms with Crippen LogP contribution < -0.4 is 5.32 Å². The number of rotatable bonds is 7. The van der Waals surface area contributed by atoms with E-state index in [-0.39, 0.29) is 0 Å². The van der Waals surface area contributed by atoms with E-state index in [1.54, 1.807) is 0 Å². The normalized spacial score (nSPS) is 28.8. The quantitative estimate of drug-likeness (QED) is 0.753. The zero-order valence-electron chi connectivity index (χ0n) is 13.7. The van der Waals surface area contributed by atoms with Gasteiger partial charge in [0.15, 0.2) is 0 Å². The van der Waals surface area contributed by atoms with Gasteiger partial charge in [0.05, 0.1) is 0 Å². The standard InChI is InChI=1S/C17H34N2O/c1-17(2,3)13-18-16-9-15(5-4-8-20)11-19(12-16)10-14-6-7-14/h14-16,18,20H,4-13H2,1-3H3. The van der Waals surface area contributed by atoms with Crippen molar-refractivity contribution in [1.82, 2.24) is 10.2 Å². The van der Waals surface area contributed by atoms with Crippen LogP contribution in [0.1, 0.15) is 52.9 Å². The van der Waals surface area contributed by atoms with Gasteiger partial charge in [0, 0.05) is 38.8 Å². The molecule has 0 radical (unpaired) electrons. The van der Waals surface area contributed by atoms with E-state index >= 15 is 0 Å². The molecule has 1 heterocycles. The second-order valence-electron chi connectivity index (χ2n) is 8.27. The minimum atomic E-state index is 0.346. The Morgan fingerprint density at radius 1 is 1.15 bits per heavy atom. The Morgan fingerprint density at radius 3 is 2.50 bits per heavy atom. The Hall–Kier alpha value is -0.120. The number of piperidine rings is 1. The molecular weight excluding hydrogens is 248 g/mol. The monoisotopic (exact) mass is 282 g/mol. The molecular formula is C17H34N2O. The van der Waals surface area contributed by atoms with Crippen molar-refractivity contribution < 1.29 is 5.11 Å². The molecule has 0 amide bonds. The SMILES string of the molecule is CC(C)(C)CNC1CC(CCCO)CN(CC2CC2)C1. The highest BCUT2D eigenvalue weighted by atomic mass is 16.2. The van der Waals surface area contributed by atoms with Gasteiger partial charge >= 0.3 is 0 Å². The van der Waals surface area contributed by atoms with E-state index in [1.807, 2.05) is 0 Å². The van der Waals surface area contributed by atoms with Crippen LogP contribution in [0.3, 0.4) is 0 Å². The molecule has 2 fully saturated rings. The lowest BCUT2D eigenvalue weighted by atomic mass is 9.89. The van der Waals surface area contributed by atoms with Gasteiger partial charge in [0.2, 0.25) is 0 Å². The minimum Gasteiger partial charge on any atom is -0.396 e. The molecule has 0 aromatic heterocycles. The van der Waals surface area contributed by atoms with Crippen LogP contribution in [0.25, 0.3) is 0 Å². The maximum atomic E-state index is 9.06. The molecule has 2 N–H and O–H groups in total. The van der Waals surface area contributed by atoms with Gasteiger partial charge in [-0.05, 0) is 49.4 Å². The van der Waals surface area contributed by atoms with E-state index in [4.69, 9.17) is 5.11 Å². The fourth-order valence-corrected chi connectivity index (χ4v) is 3.30. The summed E-state index contributed by atoms with van der Waals surface area (Å²) in [4.78, 5) is 2.68. The average Bonchev–Trinajstić information content (AvgIpc) is 3.17. The highest BCUT2D eigenvalue weighted by Crippen LogP contribution is 2.32. The molecule has 3 nitrogen and oxygen atoms in total. The summed E-state index contributed by atoms with van der Waals surface area (Å²) in [7, 11) is 0. The van der Waals surface area contributed by atoms with Crippen molar-refractivity contribution in [3.63, 3.8) is 0 Å². The number of hydrogen-bond acceptors (Lipinski definition) is 3. The van der Waals surface area contributed by atoms with Gasteiger partial charge < -0.3 is 15.3 Å². The third kappa shape index (κ3) is 6.11. The molecule has 118 valence electrons. The fraction of sp³-hybridized carbons (Fsp3) is 1.00. The average molecular weight is 282 g/mol. The van der Waals surface area contributed by atoms with Crippen LogP contribution in [-0.2, 0) is 0 Å². The highest BCUT2D eigenvalue weighted by molar-refractivity contribution is 4.87. The summed E-state index contributed by atoms with van der Waals surface area (Å²) >= 11 is 0. The predicted molar refractivity (Wildman–Crippen MR) is 84.8 cm³/mol. The first-order valence-electron chi connectivity index (χ1n) is 8.53. The fourth-order valence-electron chi connectivity index (χ4n) is 3.30. The summed E-state index contributed by atoms with van der Waals surface area (Å²) in [6.07, 6.45) is 6.33. The zero-order chi connectivity index (χ0) is 14.6. The van der Waals surface area contributed by atoms with E-state index in [0.717, 1.165) is 24.8 Å². The summed E-state index contributed by atoms with van der Waals surface area (Å²) in [6.45, 7) is 12.1. The lowest BCUT2D eigenvalue weighted by Crippen LogP contribution is -2.51. The Balaban J connectivity index is 1.81. The first-order chi connectivity index (χ1) is 9.46. The molecule has 2 rings (SSSR count). The second-order valence-corrected chi connectivity index (χ2v) is 8.27. The lowest BCUT2D eigenvalue weighted by Gasteiger charge is -2.39. The van der Waals surface area contributed by atoms with Crippen LogP contribution in [-0.4, -0.2) is 48.8 Å². The van der Waals surface area contributed by atoms with Crippen LogP contribution in [0.15, 0.2) is 0 Å². The van der Waals surface area contributed by atoms with Gasteiger partial charge in [-0.15, -0.1) is 0 Å². The lowest BCUT2D eigenvalue weighted by molar-refractivity contribution is 0.120. The smallest absolute Gasteiger partial charge is 0.0431 e. The molecule has 0 bridgehead atoms. The van der Waals surface area contributed by atoms with Crippen LogP contribution >= 0.6 is 0 Å². The van der Waals surface area contributed by atoms with Gasteiger partial charge in [-0.3, -0.25) is 0 Å². The first kappa shape index (κ1) is 16.3. The molecule has 2 atom stereocenters. The number of nitrogens with zero attached hydrogens (tertiary/aromatic N) is 1. The Labute approximate surface area is 125 Å². The maximum absolute atomic E-state index is 9.06. The topological polar surface area (TPSA) is 35.5 Å². The molecule has 2 aliphatic rings. The van der Waals surface area contributed by atoms with Crippen LogP contribution in [0.2, 0.25) is 0 Å². The summed E-state index contributed by atoms with van der Waals surface area (Å²) in [5.74, 6) is 1.75. The third-order valence-electron chi connectivity index (χ3n) is 4.52. The van der Waals surface area contributed by atoms with Crippen LogP contribution in [0, 0.1) is 17.3 Å². The van der Waals surface area contributed by atoms with Gasteiger partial charge in [0.1, 0.15) is 0 Å². The Morgan fingerprint density at radius 2 is 1.90 bits per heavy atom. The molecule has 2 unspecified atom stereocenters. The maximum Gasteiger partial charge on any atom is 0.0431 e. The first-order valence-corrected chi connectivity index (χ1v) is 8.53. The highest BCUT2D eigenvalue weighted by Gasteiger charge is 2.31. The number of aliphatic hydroxyl groups is 1. The third-order valence-corrected chi connectivity index (χ3v) is 4.52. The summed E-state index contributed by atoms with van der Waals surface area (Å²) in [6, 6.07) is 0.644.